The molecule has 0 saturated heterocycles. The largest absolute Gasteiger partial charge is 0.392 e. The summed E-state index contributed by atoms with van der Waals surface area (Å²) in [6.45, 7) is 3.61. The first kappa shape index (κ1) is 16.5. The Bertz CT molecular complexity index is 565. The van der Waals surface area contributed by atoms with Crippen LogP contribution in [0.1, 0.15) is 25.7 Å². The highest BCUT2D eigenvalue weighted by Gasteiger charge is 2.11. The van der Waals surface area contributed by atoms with Gasteiger partial charge < -0.3 is 5.11 Å². The molecule has 0 aliphatic heterocycles. The lowest BCUT2D eigenvalue weighted by Gasteiger charge is -2.04. The van der Waals surface area contributed by atoms with Crippen molar-refractivity contribution in [1.29, 1.82) is 0 Å². The maximum atomic E-state index is 11.9. The second kappa shape index (κ2) is 8.57. The van der Waals surface area contributed by atoms with Gasteiger partial charge in [0.1, 0.15) is 5.75 Å². The second-order valence-electron chi connectivity index (χ2n) is 4.50. The minimum absolute atomic E-state index is 0.212. The van der Waals surface area contributed by atoms with E-state index in [0.717, 1.165) is 12.8 Å². The Labute approximate surface area is 121 Å². The zero-order valence-corrected chi connectivity index (χ0v) is 12.3. The summed E-state index contributed by atoms with van der Waals surface area (Å²) in [7, 11) is -3.35. The van der Waals surface area contributed by atoms with Gasteiger partial charge in [-0.2, -0.15) is 0 Å². The fraction of sp³-hybridized carbons (Fsp3) is 0.375. The normalized spacial score (nSPS) is 12.2. The van der Waals surface area contributed by atoms with E-state index in [1.807, 2.05) is 6.08 Å². The Morgan fingerprint density at radius 2 is 1.95 bits per heavy atom. The van der Waals surface area contributed by atoms with Crippen molar-refractivity contribution in [2.24, 2.45) is 0 Å². The van der Waals surface area contributed by atoms with Crippen molar-refractivity contribution < 1.29 is 13.5 Å². The minimum atomic E-state index is -3.35. The van der Waals surface area contributed by atoms with Crippen LogP contribution in [0.5, 0.6) is 0 Å². The van der Waals surface area contributed by atoms with Crippen molar-refractivity contribution in [3.63, 3.8) is 0 Å². The third-order valence-corrected chi connectivity index (χ3v) is 4.29. The smallest absolute Gasteiger partial charge is 0.189 e. The maximum absolute atomic E-state index is 11.9. The average molecular weight is 292 g/mol. The van der Waals surface area contributed by atoms with Gasteiger partial charge >= 0.3 is 0 Å². The number of aliphatic hydroxyl groups is 1. The lowest BCUT2D eigenvalue weighted by atomic mass is 10.1. The van der Waals surface area contributed by atoms with E-state index >= 15 is 0 Å². The summed E-state index contributed by atoms with van der Waals surface area (Å²) in [5, 5.41) is 9.64. The molecule has 4 heteroatoms. The number of hydrogen-bond donors (Lipinski definition) is 1. The molecule has 0 bridgehead atoms. The van der Waals surface area contributed by atoms with Gasteiger partial charge in [0, 0.05) is 6.42 Å². The van der Waals surface area contributed by atoms with E-state index in [1.54, 1.807) is 30.3 Å². The second-order valence-corrected chi connectivity index (χ2v) is 6.49. The average Bonchev–Trinajstić information content (AvgIpc) is 2.45. The van der Waals surface area contributed by atoms with Crippen LogP contribution in [0.15, 0.2) is 47.9 Å². The third kappa shape index (κ3) is 6.05. The predicted octanol–water partition coefficient (Wildman–Crippen LogP) is 2.57. The van der Waals surface area contributed by atoms with E-state index in [-0.39, 0.29) is 10.6 Å². The Hall–Kier alpha value is -1.57. The first-order chi connectivity index (χ1) is 9.56. The van der Waals surface area contributed by atoms with Gasteiger partial charge in [0.2, 0.25) is 0 Å². The molecule has 0 radical (unpaired) electrons. The van der Waals surface area contributed by atoms with E-state index in [0.29, 0.717) is 12.8 Å². The number of sulfone groups is 1. The van der Waals surface area contributed by atoms with Gasteiger partial charge in [-0.1, -0.05) is 36.1 Å². The molecule has 0 aliphatic carbocycles. The molecule has 0 saturated carbocycles. The molecule has 1 aromatic carbocycles. The molecule has 3 nitrogen and oxygen atoms in total. The molecule has 108 valence electrons. The summed E-state index contributed by atoms with van der Waals surface area (Å²) in [4.78, 5) is 0.279. The van der Waals surface area contributed by atoms with Crippen molar-refractivity contribution >= 4 is 9.84 Å². The Morgan fingerprint density at radius 3 is 2.60 bits per heavy atom. The van der Waals surface area contributed by atoms with Gasteiger partial charge in [0.25, 0.3) is 0 Å². The lowest BCUT2D eigenvalue weighted by Crippen LogP contribution is -2.06. The molecule has 1 atom stereocenters. The highest BCUT2D eigenvalue weighted by molar-refractivity contribution is 7.91. The Kier molecular flexibility index (Phi) is 7.06. The molecule has 1 N–H and O–H groups in total. The summed E-state index contributed by atoms with van der Waals surface area (Å²) < 4.78 is 23.8. The molecule has 1 aromatic rings. The fourth-order valence-electron chi connectivity index (χ4n) is 1.65. The van der Waals surface area contributed by atoms with Gasteiger partial charge in [-0.05, 0) is 31.4 Å². The van der Waals surface area contributed by atoms with Crippen LogP contribution in [0, 0.1) is 11.8 Å². The molecule has 20 heavy (non-hydrogen) atoms. The SMILES string of the molecule is C=CCCCC(O)CC#CCS(=O)(=O)c1ccccc1. The predicted molar refractivity (Wildman–Crippen MR) is 80.9 cm³/mol. The van der Waals surface area contributed by atoms with Gasteiger partial charge in [0.15, 0.2) is 9.84 Å². The lowest BCUT2D eigenvalue weighted by molar-refractivity contribution is 0.167. The molecular weight excluding hydrogens is 272 g/mol. The highest BCUT2D eigenvalue weighted by Crippen LogP contribution is 2.09. The van der Waals surface area contributed by atoms with E-state index in [9.17, 15) is 13.5 Å². The molecule has 0 amide bonds. The van der Waals surface area contributed by atoms with Crippen molar-refractivity contribution in [2.75, 3.05) is 5.75 Å². The van der Waals surface area contributed by atoms with Gasteiger partial charge in [-0.25, -0.2) is 8.42 Å². The van der Waals surface area contributed by atoms with Gasteiger partial charge in [-0.15, -0.1) is 6.58 Å². The number of allylic oxidation sites excluding steroid dienone is 1. The first-order valence-electron chi connectivity index (χ1n) is 6.59. The van der Waals surface area contributed by atoms with Crippen molar-refractivity contribution in [3.8, 4) is 11.8 Å². The summed E-state index contributed by atoms with van der Waals surface area (Å²) in [6, 6.07) is 8.25. The molecule has 0 aromatic heterocycles. The minimum Gasteiger partial charge on any atom is -0.392 e. The monoisotopic (exact) mass is 292 g/mol. The topological polar surface area (TPSA) is 54.4 Å². The van der Waals surface area contributed by atoms with Crippen LogP contribution >= 0.6 is 0 Å². The number of benzene rings is 1. The van der Waals surface area contributed by atoms with Crippen LogP contribution in [-0.2, 0) is 9.84 Å². The summed E-state index contributed by atoms with van der Waals surface area (Å²) in [6.07, 6.45) is 4.02. The van der Waals surface area contributed by atoms with Crippen LogP contribution in [0.2, 0.25) is 0 Å². The van der Waals surface area contributed by atoms with Crippen LogP contribution in [0.25, 0.3) is 0 Å². The first-order valence-corrected chi connectivity index (χ1v) is 8.24. The van der Waals surface area contributed by atoms with Crippen molar-refractivity contribution in [1.82, 2.24) is 0 Å². The standard InChI is InChI=1S/C16H20O3S/c1-2-3-5-10-15(17)11-8-9-14-20(18,19)16-12-6-4-7-13-16/h2,4,6-7,12-13,15,17H,1,3,5,10-11,14H2. The van der Waals surface area contributed by atoms with Crippen LogP contribution in [0.4, 0.5) is 0 Å². The maximum Gasteiger partial charge on any atom is 0.189 e. The molecular formula is C16H20O3S. The number of unbranched alkanes of at least 4 members (excludes halogenated alkanes) is 1. The zero-order chi connectivity index (χ0) is 14.8. The Morgan fingerprint density at radius 1 is 1.25 bits per heavy atom. The van der Waals surface area contributed by atoms with E-state index in [1.165, 1.54) is 0 Å². The summed E-state index contributed by atoms with van der Waals surface area (Å²) >= 11 is 0. The van der Waals surface area contributed by atoms with E-state index < -0.39 is 15.9 Å². The molecule has 0 fully saturated rings. The number of aliphatic hydroxyl groups excluding tert-OH is 1. The number of rotatable bonds is 7. The molecule has 0 heterocycles. The van der Waals surface area contributed by atoms with Crippen LogP contribution < -0.4 is 0 Å². The third-order valence-electron chi connectivity index (χ3n) is 2.77. The quantitative estimate of drug-likeness (QED) is 0.477. The van der Waals surface area contributed by atoms with Crippen LogP contribution in [0.3, 0.4) is 0 Å². The Balaban J connectivity index is 2.44. The van der Waals surface area contributed by atoms with E-state index in [4.69, 9.17) is 0 Å². The fourth-order valence-corrected chi connectivity index (χ4v) is 2.68. The summed E-state index contributed by atoms with van der Waals surface area (Å²) in [5.74, 6) is 5.15. The highest BCUT2D eigenvalue weighted by atomic mass is 32.2. The molecule has 0 aliphatic rings. The zero-order valence-electron chi connectivity index (χ0n) is 11.5. The van der Waals surface area contributed by atoms with Gasteiger partial charge in [0.05, 0.1) is 11.0 Å². The van der Waals surface area contributed by atoms with Crippen LogP contribution in [-0.4, -0.2) is 25.4 Å². The molecule has 0 spiro atoms. The summed E-state index contributed by atoms with van der Waals surface area (Å²) in [5.41, 5.74) is 0. The van der Waals surface area contributed by atoms with Crippen molar-refractivity contribution in [2.45, 2.75) is 36.7 Å². The van der Waals surface area contributed by atoms with Gasteiger partial charge in [-0.3, -0.25) is 0 Å². The van der Waals surface area contributed by atoms with E-state index in [2.05, 4.69) is 18.4 Å². The molecule has 1 rings (SSSR count). The van der Waals surface area contributed by atoms with Crippen molar-refractivity contribution in [3.05, 3.63) is 43.0 Å². The number of hydrogen-bond acceptors (Lipinski definition) is 3. The molecule has 1 unspecified atom stereocenters.